The Morgan fingerprint density at radius 3 is 2.14 bits per heavy atom. The van der Waals surface area contributed by atoms with E-state index in [2.05, 4.69) is 16.0 Å². The number of carbonyl (C=O) groups excluding carboxylic acids is 4. The van der Waals surface area contributed by atoms with Crippen LogP contribution >= 0.6 is 11.3 Å². The van der Waals surface area contributed by atoms with Gasteiger partial charge in [-0.3, -0.25) is 24.1 Å². The number of thiophene rings is 1. The molecule has 4 rings (SSSR count). The number of amides is 3. The Morgan fingerprint density at radius 2 is 1.56 bits per heavy atom. The average molecular weight is 731 g/mol. The first-order valence-corrected chi connectivity index (χ1v) is 20.2. The van der Waals surface area contributed by atoms with Crippen molar-refractivity contribution in [1.29, 1.82) is 0 Å². The van der Waals surface area contributed by atoms with Gasteiger partial charge in [0, 0.05) is 24.9 Å². The number of likely N-dealkylation sites (tertiary alicyclic amines) is 1. The summed E-state index contributed by atoms with van der Waals surface area (Å²) in [6, 6.07) is 9.42. The summed E-state index contributed by atoms with van der Waals surface area (Å²) in [7, 11) is -3.90. The number of sulfone groups is 1. The van der Waals surface area contributed by atoms with Crippen molar-refractivity contribution >= 4 is 44.7 Å². The van der Waals surface area contributed by atoms with E-state index in [4.69, 9.17) is 0 Å². The summed E-state index contributed by atoms with van der Waals surface area (Å²) < 4.78 is 24.3. The van der Waals surface area contributed by atoms with Crippen LogP contribution < -0.4 is 16.0 Å². The number of aliphatic hydroxyl groups excluding tert-OH is 1. The third kappa shape index (κ3) is 10.0. The predicted octanol–water partition coefficient (Wildman–Crippen LogP) is 3.76. The summed E-state index contributed by atoms with van der Waals surface area (Å²) in [6.07, 6.45) is 5.21. The molecule has 2 fully saturated rings. The van der Waals surface area contributed by atoms with Gasteiger partial charge in [0.25, 0.3) is 5.91 Å². The molecule has 1 saturated heterocycles. The number of benzene rings is 1. The fourth-order valence-electron chi connectivity index (χ4n) is 7.03. The molecule has 6 atom stereocenters. The molecule has 276 valence electrons. The van der Waals surface area contributed by atoms with Gasteiger partial charge in [0.15, 0.2) is 15.6 Å². The zero-order valence-corrected chi connectivity index (χ0v) is 32.0. The molecule has 11 nitrogen and oxygen atoms in total. The summed E-state index contributed by atoms with van der Waals surface area (Å²) in [5.74, 6) is -0.925. The van der Waals surface area contributed by atoms with Crippen molar-refractivity contribution in [1.82, 2.24) is 20.9 Å². The van der Waals surface area contributed by atoms with Gasteiger partial charge in [0.05, 0.1) is 32.7 Å². The molecule has 2 unspecified atom stereocenters. The molecule has 1 aromatic heterocycles. The highest BCUT2D eigenvalue weighted by atomic mass is 32.2. The molecule has 0 bridgehead atoms. The van der Waals surface area contributed by atoms with Crippen LogP contribution in [-0.4, -0.2) is 95.8 Å². The molecule has 1 aliphatic heterocycles. The molecular weight excluding hydrogens is 677 g/mol. The third-order valence-electron chi connectivity index (χ3n) is 10.2. The van der Waals surface area contributed by atoms with E-state index in [-0.39, 0.29) is 29.5 Å². The highest BCUT2D eigenvalue weighted by Gasteiger charge is 2.46. The number of hydrogen-bond acceptors (Lipinski definition) is 9. The average Bonchev–Trinajstić information content (AvgIpc) is 3.53. The van der Waals surface area contributed by atoms with Crippen LogP contribution in [0.3, 0.4) is 0 Å². The van der Waals surface area contributed by atoms with Gasteiger partial charge in [-0.1, -0.05) is 49.6 Å². The second-order valence-electron chi connectivity index (χ2n) is 15.6. The molecule has 1 saturated carbocycles. The van der Waals surface area contributed by atoms with E-state index < -0.39 is 56.2 Å². The van der Waals surface area contributed by atoms with Crippen molar-refractivity contribution in [2.75, 3.05) is 19.3 Å². The van der Waals surface area contributed by atoms with Gasteiger partial charge in [-0.15, -0.1) is 11.3 Å². The van der Waals surface area contributed by atoms with Gasteiger partial charge in [-0.05, 0) is 90.3 Å². The van der Waals surface area contributed by atoms with Crippen LogP contribution in [0.15, 0.2) is 42.5 Å². The SMILES string of the molecule is CC(=O)c1ccc(C(=O)N[C@H](C(=O)N[C@@H](Cc2ccccc2)[C@H](O)CN2CC3CCCCC3C[C@H]2C(=O)NC(C)(C)C)C(C)(C)S(C)(=O)=O)s1. The first-order valence-electron chi connectivity index (χ1n) is 17.5. The van der Waals surface area contributed by atoms with Crippen molar-refractivity contribution in [3.8, 4) is 0 Å². The van der Waals surface area contributed by atoms with Gasteiger partial charge < -0.3 is 21.1 Å². The molecule has 1 aliphatic carbocycles. The minimum atomic E-state index is -3.90. The number of hydrogen-bond donors (Lipinski definition) is 4. The highest BCUT2D eigenvalue weighted by molar-refractivity contribution is 7.92. The van der Waals surface area contributed by atoms with E-state index in [9.17, 15) is 32.7 Å². The molecule has 2 aromatic rings. The first-order chi connectivity index (χ1) is 23.3. The Kier molecular flexibility index (Phi) is 12.7. The van der Waals surface area contributed by atoms with Crippen molar-refractivity contribution in [3.63, 3.8) is 0 Å². The summed E-state index contributed by atoms with van der Waals surface area (Å²) >= 11 is 0.953. The van der Waals surface area contributed by atoms with Crippen molar-refractivity contribution in [2.45, 2.75) is 115 Å². The lowest BCUT2D eigenvalue weighted by Gasteiger charge is -2.47. The van der Waals surface area contributed by atoms with Crippen LogP contribution in [0.1, 0.15) is 98.6 Å². The van der Waals surface area contributed by atoms with Gasteiger partial charge in [0.1, 0.15) is 6.04 Å². The number of fused-ring (bicyclic) bond motifs is 1. The Balaban J connectivity index is 1.63. The van der Waals surface area contributed by atoms with Crippen LogP contribution in [0.4, 0.5) is 0 Å². The molecule has 50 heavy (non-hydrogen) atoms. The normalized spacial score (nSPS) is 22.0. The number of β-amino-alcohol motifs (C(OH)–C–C–N with tert-alkyl or cyclic N) is 1. The van der Waals surface area contributed by atoms with Gasteiger partial charge >= 0.3 is 0 Å². The molecule has 13 heteroatoms. The van der Waals surface area contributed by atoms with Crippen molar-refractivity contribution in [3.05, 3.63) is 57.8 Å². The third-order valence-corrected chi connectivity index (χ3v) is 13.5. The van der Waals surface area contributed by atoms with Crippen LogP contribution in [0.25, 0.3) is 0 Å². The minimum Gasteiger partial charge on any atom is -0.390 e. The minimum absolute atomic E-state index is 0.0865. The fraction of sp³-hybridized carbons (Fsp3) is 0.622. The molecule has 2 heterocycles. The Morgan fingerprint density at radius 1 is 0.940 bits per heavy atom. The Bertz CT molecular complexity index is 1630. The monoisotopic (exact) mass is 730 g/mol. The van der Waals surface area contributed by atoms with Gasteiger partial charge in [-0.25, -0.2) is 8.42 Å². The van der Waals surface area contributed by atoms with E-state index in [1.165, 1.54) is 32.9 Å². The zero-order valence-electron chi connectivity index (χ0n) is 30.3. The maximum atomic E-state index is 14.2. The largest absolute Gasteiger partial charge is 0.390 e. The fourth-order valence-corrected chi connectivity index (χ4v) is 8.43. The van der Waals surface area contributed by atoms with E-state index in [0.29, 0.717) is 29.7 Å². The topological polar surface area (TPSA) is 162 Å². The maximum Gasteiger partial charge on any atom is 0.262 e. The number of aliphatic hydroxyl groups is 1. The quantitative estimate of drug-likeness (QED) is 0.227. The predicted molar refractivity (Wildman–Crippen MR) is 196 cm³/mol. The molecule has 4 N–H and O–H groups in total. The van der Waals surface area contributed by atoms with Gasteiger partial charge in [0.2, 0.25) is 11.8 Å². The standard InChI is InChI=1S/C37H54N4O7S2/c1-23(42)30-17-18-31(49-30)34(45)39-32(37(5,6)50(7,47)48)35(46)38-27(19-24-13-9-8-10-14-24)29(43)22-41-21-26-16-12-11-15-25(26)20-28(41)33(44)40-36(2,3)4/h8-10,13-14,17-18,25-29,32,43H,11-12,15-16,19-22H2,1-7H3,(H,38,46)(H,39,45)(H,40,44)/t25?,26?,27-,28-,29+,32+/m0/s1. The first kappa shape index (κ1) is 39.7. The number of piperidine rings is 1. The van der Waals surface area contributed by atoms with Crippen LogP contribution in [0.5, 0.6) is 0 Å². The Hall–Kier alpha value is -3.13. The molecule has 1 aromatic carbocycles. The summed E-state index contributed by atoms with van der Waals surface area (Å²) in [6.45, 7) is 10.7. The van der Waals surface area contributed by atoms with Crippen molar-refractivity contribution in [2.24, 2.45) is 11.8 Å². The number of ketones is 1. The summed E-state index contributed by atoms with van der Waals surface area (Å²) in [4.78, 5) is 55.6. The number of Topliss-reactive ketones (excluding diaryl/α,β-unsaturated/α-hetero) is 1. The second kappa shape index (κ2) is 16.0. The van der Waals surface area contributed by atoms with E-state index in [1.54, 1.807) is 0 Å². The molecule has 0 radical (unpaired) electrons. The maximum absolute atomic E-state index is 14.2. The van der Waals surface area contributed by atoms with Crippen LogP contribution in [0.2, 0.25) is 0 Å². The zero-order chi connectivity index (χ0) is 37.0. The highest BCUT2D eigenvalue weighted by Crippen LogP contribution is 2.39. The lowest BCUT2D eigenvalue weighted by Crippen LogP contribution is -2.64. The summed E-state index contributed by atoms with van der Waals surface area (Å²) in [5, 5.41) is 20.6. The number of rotatable bonds is 13. The lowest BCUT2D eigenvalue weighted by atomic mass is 9.72. The Labute approximate surface area is 300 Å². The molecule has 3 amide bonds. The van der Waals surface area contributed by atoms with E-state index in [0.717, 1.165) is 48.8 Å². The molecule has 0 spiro atoms. The smallest absolute Gasteiger partial charge is 0.262 e. The molecular formula is C37H54N4O7S2. The van der Waals surface area contributed by atoms with E-state index in [1.807, 2.05) is 56.0 Å². The second-order valence-corrected chi connectivity index (χ2v) is 19.3. The molecule has 2 aliphatic rings. The van der Waals surface area contributed by atoms with Crippen LogP contribution in [-0.2, 0) is 25.8 Å². The van der Waals surface area contributed by atoms with E-state index >= 15 is 0 Å². The lowest BCUT2D eigenvalue weighted by molar-refractivity contribution is -0.133. The number of nitrogens with zero attached hydrogens (tertiary/aromatic N) is 1. The summed E-state index contributed by atoms with van der Waals surface area (Å²) in [5.41, 5.74) is 0.403. The number of carbonyl (C=O) groups is 4. The van der Waals surface area contributed by atoms with Crippen molar-refractivity contribution < 1.29 is 32.7 Å². The number of nitrogens with one attached hydrogen (secondary N) is 3. The van der Waals surface area contributed by atoms with Crippen LogP contribution in [0, 0.1) is 11.8 Å². The van der Waals surface area contributed by atoms with Gasteiger partial charge in [-0.2, -0.15) is 0 Å².